The average Bonchev–Trinajstić information content (AvgIpc) is 3.01. The topological polar surface area (TPSA) is 50.1 Å². The molecule has 0 bridgehead atoms. The molecule has 1 aromatic rings. The van der Waals surface area contributed by atoms with E-state index in [4.69, 9.17) is 0 Å². The summed E-state index contributed by atoms with van der Waals surface area (Å²) in [4.78, 5) is 0. The van der Waals surface area contributed by atoms with Gasteiger partial charge >= 0.3 is 0 Å². The zero-order chi connectivity index (χ0) is 12.8. The summed E-state index contributed by atoms with van der Waals surface area (Å²) in [6, 6.07) is 2.07. The Labute approximate surface area is 109 Å². The molecular formula is C14H25N3O. The fourth-order valence-electron chi connectivity index (χ4n) is 2.89. The number of hydrogen-bond acceptors (Lipinski definition) is 3. The van der Waals surface area contributed by atoms with E-state index < -0.39 is 0 Å². The van der Waals surface area contributed by atoms with Crippen molar-refractivity contribution >= 4 is 0 Å². The number of rotatable bonds is 7. The van der Waals surface area contributed by atoms with E-state index in [0.717, 1.165) is 38.9 Å². The van der Waals surface area contributed by atoms with Crippen LogP contribution < -0.4 is 5.32 Å². The summed E-state index contributed by atoms with van der Waals surface area (Å²) >= 11 is 0. The fourth-order valence-corrected chi connectivity index (χ4v) is 2.89. The van der Waals surface area contributed by atoms with E-state index in [1.54, 1.807) is 0 Å². The molecule has 2 rings (SSSR count). The molecule has 0 spiro atoms. The number of aliphatic hydroxyl groups is 1. The molecule has 1 fully saturated rings. The van der Waals surface area contributed by atoms with E-state index in [1.807, 2.05) is 6.20 Å². The average molecular weight is 251 g/mol. The van der Waals surface area contributed by atoms with Crippen molar-refractivity contribution in [2.45, 2.75) is 52.1 Å². The highest BCUT2D eigenvalue weighted by Gasteiger charge is 2.32. The first-order valence-corrected chi connectivity index (χ1v) is 7.12. The van der Waals surface area contributed by atoms with Crippen LogP contribution in [0.15, 0.2) is 12.3 Å². The van der Waals surface area contributed by atoms with E-state index in [9.17, 15) is 5.11 Å². The van der Waals surface area contributed by atoms with E-state index in [1.165, 1.54) is 18.5 Å². The Balaban J connectivity index is 1.82. The van der Waals surface area contributed by atoms with Crippen LogP contribution in [0.25, 0.3) is 0 Å². The molecule has 0 aliphatic heterocycles. The molecule has 0 atom stereocenters. The third kappa shape index (κ3) is 3.12. The minimum atomic E-state index is 0.135. The van der Waals surface area contributed by atoms with E-state index in [2.05, 4.69) is 28.1 Å². The van der Waals surface area contributed by atoms with Crippen LogP contribution in [0.5, 0.6) is 0 Å². The molecule has 0 aromatic carbocycles. The molecule has 4 nitrogen and oxygen atoms in total. The molecular weight excluding hydrogens is 226 g/mol. The second-order valence-corrected chi connectivity index (χ2v) is 5.51. The standard InChI is InChI=1S/C14H25N3O/c1-2-9-17-13(5-8-16-17)10-15-11-14(12-18)6-3-4-7-14/h5,8,15,18H,2-4,6-7,9-12H2,1H3. The third-order valence-electron chi connectivity index (χ3n) is 4.05. The van der Waals surface area contributed by atoms with E-state index >= 15 is 0 Å². The number of hydrogen-bond donors (Lipinski definition) is 2. The van der Waals surface area contributed by atoms with Crippen molar-refractivity contribution in [2.24, 2.45) is 5.41 Å². The van der Waals surface area contributed by atoms with Gasteiger partial charge in [0.05, 0.1) is 5.69 Å². The van der Waals surface area contributed by atoms with Crippen molar-refractivity contribution in [2.75, 3.05) is 13.2 Å². The quantitative estimate of drug-likeness (QED) is 0.778. The van der Waals surface area contributed by atoms with Crippen molar-refractivity contribution in [1.29, 1.82) is 0 Å². The minimum absolute atomic E-state index is 0.135. The summed E-state index contributed by atoms with van der Waals surface area (Å²) in [6.45, 7) is 5.23. The Morgan fingerprint density at radius 3 is 2.89 bits per heavy atom. The first-order chi connectivity index (χ1) is 8.79. The maximum Gasteiger partial charge on any atom is 0.0522 e. The summed E-state index contributed by atoms with van der Waals surface area (Å²) in [6.07, 6.45) is 7.81. The lowest BCUT2D eigenvalue weighted by atomic mass is 9.87. The van der Waals surface area contributed by atoms with Crippen molar-refractivity contribution in [1.82, 2.24) is 15.1 Å². The molecule has 1 saturated carbocycles. The van der Waals surface area contributed by atoms with Gasteiger partial charge in [0, 0.05) is 37.9 Å². The molecule has 1 aromatic heterocycles. The second-order valence-electron chi connectivity index (χ2n) is 5.51. The van der Waals surface area contributed by atoms with Crippen LogP contribution in [0.2, 0.25) is 0 Å². The summed E-state index contributed by atoms with van der Waals surface area (Å²) in [5.74, 6) is 0. The van der Waals surface area contributed by atoms with Gasteiger partial charge < -0.3 is 10.4 Å². The zero-order valence-corrected chi connectivity index (χ0v) is 11.4. The van der Waals surface area contributed by atoms with Gasteiger partial charge in [0.2, 0.25) is 0 Å². The lowest BCUT2D eigenvalue weighted by Gasteiger charge is -2.26. The normalized spacial score (nSPS) is 18.3. The molecule has 0 radical (unpaired) electrons. The predicted molar refractivity (Wildman–Crippen MR) is 72.2 cm³/mol. The van der Waals surface area contributed by atoms with Gasteiger partial charge in [-0.1, -0.05) is 19.8 Å². The van der Waals surface area contributed by atoms with E-state index in [-0.39, 0.29) is 5.41 Å². The summed E-state index contributed by atoms with van der Waals surface area (Å²) in [5, 5.41) is 17.4. The smallest absolute Gasteiger partial charge is 0.0522 e. The molecule has 1 aliphatic carbocycles. The summed E-state index contributed by atoms with van der Waals surface area (Å²) < 4.78 is 2.06. The SMILES string of the molecule is CCCn1nccc1CNCC1(CO)CCCC1. The largest absolute Gasteiger partial charge is 0.396 e. The number of aryl methyl sites for hydroxylation is 1. The Morgan fingerprint density at radius 1 is 1.44 bits per heavy atom. The molecule has 102 valence electrons. The third-order valence-corrected chi connectivity index (χ3v) is 4.05. The van der Waals surface area contributed by atoms with Crippen molar-refractivity contribution in [3.05, 3.63) is 18.0 Å². The Kier molecular flexibility index (Phi) is 4.78. The lowest BCUT2D eigenvalue weighted by Crippen LogP contribution is -2.35. The van der Waals surface area contributed by atoms with Gasteiger partial charge in [0.1, 0.15) is 0 Å². The van der Waals surface area contributed by atoms with Crippen LogP contribution in [0.3, 0.4) is 0 Å². The molecule has 4 heteroatoms. The van der Waals surface area contributed by atoms with Crippen molar-refractivity contribution in [3.8, 4) is 0 Å². The fraction of sp³-hybridized carbons (Fsp3) is 0.786. The van der Waals surface area contributed by atoms with Gasteiger partial charge in [-0.25, -0.2) is 0 Å². The Bertz CT molecular complexity index is 356. The number of nitrogens with one attached hydrogen (secondary N) is 1. The Morgan fingerprint density at radius 2 is 2.22 bits per heavy atom. The first kappa shape index (κ1) is 13.6. The van der Waals surface area contributed by atoms with Crippen LogP contribution in [0, 0.1) is 5.41 Å². The lowest BCUT2D eigenvalue weighted by molar-refractivity contribution is 0.128. The zero-order valence-electron chi connectivity index (χ0n) is 11.4. The highest BCUT2D eigenvalue weighted by Crippen LogP contribution is 2.36. The summed E-state index contributed by atoms with van der Waals surface area (Å²) in [5.41, 5.74) is 1.37. The maximum absolute atomic E-state index is 9.55. The molecule has 0 amide bonds. The molecule has 0 unspecified atom stereocenters. The highest BCUT2D eigenvalue weighted by atomic mass is 16.3. The number of nitrogens with zero attached hydrogens (tertiary/aromatic N) is 2. The van der Waals surface area contributed by atoms with Crippen molar-refractivity contribution < 1.29 is 5.11 Å². The molecule has 1 heterocycles. The highest BCUT2D eigenvalue weighted by molar-refractivity contribution is 5.00. The molecule has 1 aliphatic rings. The van der Waals surface area contributed by atoms with Crippen LogP contribution in [0.4, 0.5) is 0 Å². The molecule has 2 N–H and O–H groups in total. The second kappa shape index (κ2) is 6.34. The van der Waals surface area contributed by atoms with Gasteiger partial charge in [0.25, 0.3) is 0 Å². The van der Waals surface area contributed by atoms with Crippen molar-refractivity contribution in [3.63, 3.8) is 0 Å². The number of aromatic nitrogens is 2. The predicted octanol–water partition coefficient (Wildman–Crippen LogP) is 1.94. The maximum atomic E-state index is 9.55. The molecule has 0 saturated heterocycles. The Hall–Kier alpha value is -0.870. The van der Waals surface area contributed by atoms with Crippen LogP contribution in [-0.2, 0) is 13.1 Å². The molecule has 18 heavy (non-hydrogen) atoms. The van der Waals surface area contributed by atoms with E-state index in [0.29, 0.717) is 6.61 Å². The monoisotopic (exact) mass is 251 g/mol. The van der Waals surface area contributed by atoms with Gasteiger partial charge in [-0.2, -0.15) is 5.10 Å². The van der Waals surface area contributed by atoms with Gasteiger partial charge in [0.15, 0.2) is 0 Å². The number of aliphatic hydroxyl groups excluding tert-OH is 1. The van der Waals surface area contributed by atoms with Gasteiger partial charge in [-0.3, -0.25) is 4.68 Å². The van der Waals surface area contributed by atoms with Crippen LogP contribution >= 0.6 is 0 Å². The minimum Gasteiger partial charge on any atom is -0.396 e. The van der Waals surface area contributed by atoms with Gasteiger partial charge in [-0.05, 0) is 25.3 Å². The van der Waals surface area contributed by atoms with Gasteiger partial charge in [-0.15, -0.1) is 0 Å². The summed E-state index contributed by atoms with van der Waals surface area (Å²) in [7, 11) is 0. The van der Waals surface area contributed by atoms with Crippen LogP contribution in [0.1, 0.15) is 44.7 Å². The first-order valence-electron chi connectivity index (χ1n) is 7.12. The van der Waals surface area contributed by atoms with Crippen LogP contribution in [-0.4, -0.2) is 28.0 Å².